The predicted octanol–water partition coefficient (Wildman–Crippen LogP) is 8.88. The summed E-state index contributed by atoms with van der Waals surface area (Å²) in [5, 5.41) is 0. The van der Waals surface area contributed by atoms with E-state index in [0.29, 0.717) is 6.42 Å². The fourth-order valence-corrected chi connectivity index (χ4v) is 5.24. The van der Waals surface area contributed by atoms with E-state index in [-0.39, 0.29) is 38.6 Å². The molecule has 3 N–H and O–H groups in total. The molecule has 0 rings (SSSR count). The summed E-state index contributed by atoms with van der Waals surface area (Å²) >= 11 is 0. The Bertz CT molecular complexity index is 789. The molecule has 0 bridgehead atoms. The molecule has 0 saturated carbocycles. The number of esters is 2. The van der Waals surface area contributed by atoms with Crippen LogP contribution in [-0.2, 0) is 32.7 Å². The van der Waals surface area contributed by atoms with Gasteiger partial charge in [0.1, 0.15) is 6.61 Å². The summed E-state index contributed by atoms with van der Waals surface area (Å²) in [7, 11) is -4.36. The third kappa shape index (κ3) is 30.5. The fraction of sp³-hybridized carbons (Fsp3) is 0.824. The van der Waals surface area contributed by atoms with Crippen LogP contribution in [0.4, 0.5) is 0 Å². The fourth-order valence-electron chi connectivity index (χ4n) is 4.47. The van der Waals surface area contributed by atoms with Crippen LogP contribution < -0.4 is 5.73 Å². The molecule has 0 aliphatic heterocycles. The molecule has 0 aromatic carbocycles. The molecule has 0 fully saturated rings. The Morgan fingerprint density at radius 3 is 1.80 bits per heavy atom. The molecule has 0 aliphatic carbocycles. The minimum atomic E-state index is -4.36. The van der Waals surface area contributed by atoms with Gasteiger partial charge in [0.25, 0.3) is 0 Å². The standard InChI is InChI=1S/C34H64NO8P/c1-3-5-7-9-11-13-14-15-16-17-19-21-23-25-27-34(37)43-32(31-42-44(38,39)41-29-28-35)30-40-33(36)26-24-22-20-18-12-10-8-6-4-2/h9,11,14-15,32H,3-8,10,12-13,16-31,35H2,1-2H3,(H,38,39)/b11-9-,15-14-. The van der Waals surface area contributed by atoms with Gasteiger partial charge in [-0.1, -0.05) is 122 Å². The molecule has 0 spiro atoms. The quantitative estimate of drug-likeness (QED) is 0.0318. The number of rotatable bonds is 32. The molecule has 0 heterocycles. The van der Waals surface area contributed by atoms with E-state index in [9.17, 15) is 19.0 Å². The van der Waals surface area contributed by atoms with Gasteiger partial charge in [-0.3, -0.25) is 18.6 Å². The molecule has 0 saturated heterocycles. The zero-order valence-corrected chi connectivity index (χ0v) is 28.8. The highest BCUT2D eigenvalue weighted by molar-refractivity contribution is 7.47. The maximum absolute atomic E-state index is 12.5. The molecule has 10 heteroatoms. The summed E-state index contributed by atoms with van der Waals surface area (Å²) in [6.07, 6.45) is 29.3. The van der Waals surface area contributed by atoms with E-state index >= 15 is 0 Å². The summed E-state index contributed by atoms with van der Waals surface area (Å²) in [4.78, 5) is 34.5. The van der Waals surface area contributed by atoms with Crippen LogP contribution in [0.15, 0.2) is 24.3 Å². The monoisotopic (exact) mass is 645 g/mol. The maximum atomic E-state index is 12.5. The normalized spacial score (nSPS) is 13.8. The van der Waals surface area contributed by atoms with E-state index in [1.165, 1.54) is 51.4 Å². The Morgan fingerprint density at radius 2 is 1.20 bits per heavy atom. The molecule has 9 nitrogen and oxygen atoms in total. The van der Waals surface area contributed by atoms with Gasteiger partial charge in [0.15, 0.2) is 6.10 Å². The van der Waals surface area contributed by atoms with E-state index < -0.39 is 26.5 Å². The average molecular weight is 646 g/mol. The molecule has 0 aromatic rings. The second-order valence-corrected chi connectivity index (χ2v) is 12.8. The first-order chi connectivity index (χ1) is 21.3. The highest BCUT2D eigenvalue weighted by atomic mass is 31.2. The van der Waals surface area contributed by atoms with Crippen molar-refractivity contribution in [2.45, 2.75) is 155 Å². The maximum Gasteiger partial charge on any atom is 0.472 e. The number of hydrogen-bond donors (Lipinski definition) is 2. The van der Waals surface area contributed by atoms with Gasteiger partial charge in [-0.05, 0) is 38.5 Å². The first-order valence-corrected chi connectivity index (χ1v) is 18.8. The molecule has 0 radical (unpaired) electrons. The van der Waals surface area contributed by atoms with Crippen molar-refractivity contribution < 1.29 is 37.6 Å². The van der Waals surface area contributed by atoms with Crippen LogP contribution in [0.1, 0.15) is 149 Å². The van der Waals surface area contributed by atoms with Gasteiger partial charge in [0.05, 0.1) is 13.2 Å². The van der Waals surface area contributed by atoms with Crippen molar-refractivity contribution in [3.8, 4) is 0 Å². The zero-order valence-electron chi connectivity index (χ0n) is 27.9. The molecular formula is C34H64NO8P. The molecule has 2 unspecified atom stereocenters. The van der Waals surface area contributed by atoms with Crippen LogP contribution in [0.5, 0.6) is 0 Å². The van der Waals surface area contributed by atoms with Crippen LogP contribution >= 0.6 is 7.82 Å². The summed E-state index contributed by atoms with van der Waals surface area (Å²) in [5.41, 5.74) is 5.31. The van der Waals surface area contributed by atoms with Gasteiger partial charge < -0.3 is 20.1 Å². The number of carbonyl (C=O) groups is 2. The SMILES string of the molecule is CCCC/C=C\C/C=C\CCCCCCCC(=O)OC(COC(=O)CCCCCCCCCCC)COP(=O)(O)OCCN. The molecule has 0 aromatic heterocycles. The smallest absolute Gasteiger partial charge is 0.462 e. The van der Waals surface area contributed by atoms with Gasteiger partial charge in [0.2, 0.25) is 0 Å². The van der Waals surface area contributed by atoms with Gasteiger partial charge in [-0.15, -0.1) is 0 Å². The summed E-state index contributed by atoms with van der Waals surface area (Å²) in [5.74, 6) is -0.849. The highest BCUT2D eigenvalue weighted by Crippen LogP contribution is 2.43. The lowest BCUT2D eigenvalue weighted by atomic mass is 10.1. The number of phosphoric ester groups is 1. The number of hydrogen-bond acceptors (Lipinski definition) is 8. The van der Waals surface area contributed by atoms with Crippen molar-refractivity contribution in [3.05, 3.63) is 24.3 Å². The molecule has 2 atom stereocenters. The molecule has 0 amide bonds. The van der Waals surface area contributed by atoms with Gasteiger partial charge in [0, 0.05) is 19.4 Å². The highest BCUT2D eigenvalue weighted by Gasteiger charge is 2.25. The lowest BCUT2D eigenvalue weighted by molar-refractivity contribution is -0.161. The van der Waals surface area contributed by atoms with E-state index in [1.54, 1.807) is 0 Å². The van der Waals surface area contributed by atoms with Crippen molar-refractivity contribution in [2.24, 2.45) is 5.73 Å². The molecule has 44 heavy (non-hydrogen) atoms. The first kappa shape index (κ1) is 42.5. The van der Waals surface area contributed by atoms with Crippen molar-refractivity contribution in [2.75, 3.05) is 26.4 Å². The van der Waals surface area contributed by atoms with Gasteiger partial charge in [-0.25, -0.2) is 4.57 Å². The Kier molecular flexibility index (Phi) is 30.4. The minimum absolute atomic E-state index is 0.0519. The van der Waals surface area contributed by atoms with E-state index in [4.69, 9.17) is 24.3 Å². The molecular weight excluding hydrogens is 581 g/mol. The predicted molar refractivity (Wildman–Crippen MR) is 178 cm³/mol. The topological polar surface area (TPSA) is 134 Å². The summed E-state index contributed by atoms with van der Waals surface area (Å²) in [6, 6.07) is 0. The Morgan fingerprint density at radius 1 is 0.682 bits per heavy atom. The number of carbonyl (C=O) groups excluding carboxylic acids is 2. The third-order valence-electron chi connectivity index (χ3n) is 7.09. The number of nitrogens with two attached hydrogens (primary N) is 1. The van der Waals surface area contributed by atoms with Crippen molar-refractivity contribution in [1.82, 2.24) is 0 Å². The van der Waals surface area contributed by atoms with E-state index in [0.717, 1.165) is 64.2 Å². The Hall–Kier alpha value is -1.51. The lowest BCUT2D eigenvalue weighted by Gasteiger charge is -2.19. The Balaban J connectivity index is 4.30. The van der Waals surface area contributed by atoms with Crippen LogP contribution in [0.3, 0.4) is 0 Å². The van der Waals surface area contributed by atoms with Crippen LogP contribution in [0.25, 0.3) is 0 Å². The molecule has 0 aliphatic rings. The van der Waals surface area contributed by atoms with Crippen molar-refractivity contribution in [3.63, 3.8) is 0 Å². The minimum Gasteiger partial charge on any atom is -0.462 e. The lowest BCUT2D eigenvalue weighted by Crippen LogP contribution is -2.29. The van der Waals surface area contributed by atoms with Crippen molar-refractivity contribution in [1.29, 1.82) is 0 Å². The summed E-state index contributed by atoms with van der Waals surface area (Å²) in [6.45, 7) is 3.63. The second kappa shape index (κ2) is 31.5. The first-order valence-electron chi connectivity index (χ1n) is 17.3. The van der Waals surface area contributed by atoms with E-state index in [1.807, 2.05) is 0 Å². The summed E-state index contributed by atoms with van der Waals surface area (Å²) < 4.78 is 32.5. The molecule has 258 valence electrons. The number of allylic oxidation sites excluding steroid dienone is 4. The van der Waals surface area contributed by atoms with Crippen LogP contribution in [-0.4, -0.2) is 49.3 Å². The second-order valence-electron chi connectivity index (χ2n) is 11.4. The van der Waals surface area contributed by atoms with Gasteiger partial charge in [-0.2, -0.15) is 0 Å². The third-order valence-corrected chi connectivity index (χ3v) is 8.07. The largest absolute Gasteiger partial charge is 0.472 e. The zero-order chi connectivity index (χ0) is 32.6. The average Bonchev–Trinajstić information content (AvgIpc) is 3.00. The van der Waals surface area contributed by atoms with Gasteiger partial charge >= 0.3 is 19.8 Å². The number of unbranched alkanes of at least 4 members (excludes halogenated alkanes) is 15. The van der Waals surface area contributed by atoms with Crippen molar-refractivity contribution >= 4 is 19.8 Å². The van der Waals surface area contributed by atoms with Crippen LogP contribution in [0.2, 0.25) is 0 Å². The number of ether oxygens (including phenoxy) is 2. The number of phosphoric acid groups is 1. The Labute approximate surface area is 268 Å². The van der Waals surface area contributed by atoms with E-state index in [2.05, 4.69) is 38.2 Å². The van der Waals surface area contributed by atoms with Crippen LogP contribution in [0, 0.1) is 0 Å².